The number of halogens is 1. The van der Waals surface area contributed by atoms with E-state index in [0.29, 0.717) is 29.6 Å². The number of amides is 1. The zero-order valence-corrected chi connectivity index (χ0v) is 9.87. The molecule has 1 aliphatic rings. The topological polar surface area (TPSA) is 55.1 Å². The predicted octanol–water partition coefficient (Wildman–Crippen LogP) is 1.60. The molecule has 0 aliphatic heterocycles. The molecule has 3 nitrogen and oxygen atoms in total. The largest absolute Gasteiger partial charge is 0.352 e. The fraction of sp³-hybridized carbons (Fsp3) is 0.462. The molecule has 0 unspecified atom stereocenters. The van der Waals surface area contributed by atoms with Crippen molar-refractivity contribution in [1.82, 2.24) is 5.32 Å². The van der Waals surface area contributed by atoms with Crippen molar-refractivity contribution in [1.29, 1.82) is 0 Å². The zero-order chi connectivity index (χ0) is 12.4. The standard InChI is InChI=1S/C13H17FN2O/c1-8-4-10(2-3-12(8)14)13(17)16-7-9-5-11(15)6-9/h2-4,9,11H,5-7,15H2,1H3,(H,16,17). The lowest BCUT2D eigenvalue weighted by molar-refractivity contribution is 0.0935. The summed E-state index contributed by atoms with van der Waals surface area (Å²) in [5.74, 6) is 0.0654. The van der Waals surface area contributed by atoms with Gasteiger partial charge in [-0.15, -0.1) is 0 Å². The molecule has 1 aromatic rings. The second-order valence-electron chi connectivity index (χ2n) is 4.77. The van der Waals surface area contributed by atoms with Gasteiger partial charge in [0.25, 0.3) is 5.91 Å². The van der Waals surface area contributed by atoms with Crippen LogP contribution in [0.15, 0.2) is 18.2 Å². The number of benzene rings is 1. The highest BCUT2D eigenvalue weighted by molar-refractivity contribution is 5.94. The molecule has 0 heterocycles. The molecule has 3 N–H and O–H groups in total. The maximum Gasteiger partial charge on any atom is 0.251 e. The molecule has 0 saturated heterocycles. The first kappa shape index (κ1) is 12.0. The summed E-state index contributed by atoms with van der Waals surface area (Å²) in [6.07, 6.45) is 1.95. The summed E-state index contributed by atoms with van der Waals surface area (Å²) < 4.78 is 13.0. The van der Waals surface area contributed by atoms with Crippen molar-refractivity contribution in [2.75, 3.05) is 6.54 Å². The van der Waals surface area contributed by atoms with Gasteiger partial charge in [0.1, 0.15) is 5.82 Å². The van der Waals surface area contributed by atoms with Gasteiger partial charge >= 0.3 is 0 Å². The molecule has 1 aliphatic carbocycles. The SMILES string of the molecule is Cc1cc(C(=O)NCC2CC(N)C2)ccc1F. The first-order chi connectivity index (χ1) is 8.06. The molecule has 2 rings (SSSR count). The lowest BCUT2D eigenvalue weighted by Crippen LogP contribution is -2.42. The van der Waals surface area contributed by atoms with Gasteiger partial charge in [0.15, 0.2) is 0 Å². The van der Waals surface area contributed by atoms with E-state index >= 15 is 0 Å². The number of carbonyl (C=O) groups is 1. The summed E-state index contributed by atoms with van der Waals surface area (Å²) in [5.41, 5.74) is 6.66. The summed E-state index contributed by atoms with van der Waals surface area (Å²) in [5, 5.41) is 2.85. The number of nitrogens with one attached hydrogen (secondary N) is 1. The van der Waals surface area contributed by atoms with Gasteiger partial charge < -0.3 is 11.1 Å². The van der Waals surface area contributed by atoms with E-state index in [1.54, 1.807) is 13.0 Å². The Kier molecular flexibility index (Phi) is 3.43. The Bertz CT molecular complexity index is 427. The molecule has 0 atom stereocenters. The number of rotatable bonds is 3. The Hall–Kier alpha value is -1.42. The predicted molar refractivity (Wildman–Crippen MR) is 64.2 cm³/mol. The second kappa shape index (κ2) is 4.84. The monoisotopic (exact) mass is 236 g/mol. The van der Waals surface area contributed by atoms with E-state index in [0.717, 1.165) is 12.8 Å². The highest BCUT2D eigenvalue weighted by Gasteiger charge is 2.25. The molecule has 4 heteroatoms. The van der Waals surface area contributed by atoms with Crippen LogP contribution in [0.2, 0.25) is 0 Å². The van der Waals surface area contributed by atoms with Crippen LogP contribution in [0, 0.1) is 18.7 Å². The van der Waals surface area contributed by atoms with Gasteiger partial charge in [0.05, 0.1) is 0 Å². The fourth-order valence-corrected chi connectivity index (χ4v) is 2.08. The van der Waals surface area contributed by atoms with Gasteiger partial charge in [-0.05, 0) is 49.4 Å². The van der Waals surface area contributed by atoms with E-state index in [9.17, 15) is 9.18 Å². The smallest absolute Gasteiger partial charge is 0.251 e. The van der Waals surface area contributed by atoms with Crippen LogP contribution in [0.3, 0.4) is 0 Å². The summed E-state index contributed by atoms with van der Waals surface area (Å²) in [6.45, 7) is 2.31. The molecule has 0 bridgehead atoms. The molecule has 0 spiro atoms. The second-order valence-corrected chi connectivity index (χ2v) is 4.77. The number of hydrogen-bond donors (Lipinski definition) is 2. The van der Waals surface area contributed by atoms with Crippen molar-refractivity contribution in [2.24, 2.45) is 11.7 Å². The third kappa shape index (κ3) is 2.82. The molecule has 0 radical (unpaired) electrons. The van der Waals surface area contributed by atoms with Gasteiger partial charge in [-0.1, -0.05) is 0 Å². The van der Waals surface area contributed by atoms with E-state index in [4.69, 9.17) is 5.73 Å². The molecule has 1 saturated carbocycles. The third-order valence-corrected chi connectivity index (χ3v) is 3.24. The van der Waals surface area contributed by atoms with E-state index < -0.39 is 0 Å². The minimum absolute atomic E-state index is 0.145. The maximum absolute atomic E-state index is 13.0. The Morgan fingerprint density at radius 1 is 1.53 bits per heavy atom. The van der Waals surface area contributed by atoms with Crippen LogP contribution in [-0.2, 0) is 0 Å². The van der Waals surface area contributed by atoms with E-state index in [1.807, 2.05) is 0 Å². The minimum atomic E-state index is -0.286. The summed E-state index contributed by atoms with van der Waals surface area (Å²) in [7, 11) is 0. The van der Waals surface area contributed by atoms with Gasteiger partial charge in [0.2, 0.25) is 0 Å². The van der Waals surface area contributed by atoms with Crippen molar-refractivity contribution in [3.63, 3.8) is 0 Å². The van der Waals surface area contributed by atoms with Crippen molar-refractivity contribution in [3.8, 4) is 0 Å². The highest BCUT2D eigenvalue weighted by Crippen LogP contribution is 2.24. The third-order valence-electron chi connectivity index (χ3n) is 3.24. The van der Waals surface area contributed by atoms with Gasteiger partial charge in [-0.25, -0.2) is 4.39 Å². The first-order valence-corrected chi connectivity index (χ1v) is 5.86. The number of aryl methyl sites for hydroxylation is 1. The normalized spacial score (nSPS) is 23.0. The maximum atomic E-state index is 13.0. The van der Waals surface area contributed by atoms with Crippen molar-refractivity contribution < 1.29 is 9.18 Å². The lowest BCUT2D eigenvalue weighted by Gasteiger charge is -2.32. The number of hydrogen-bond acceptors (Lipinski definition) is 2. The summed E-state index contributed by atoms with van der Waals surface area (Å²) in [6, 6.07) is 4.69. The van der Waals surface area contributed by atoms with Crippen LogP contribution in [0.5, 0.6) is 0 Å². The van der Waals surface area contributed by atoms with Crippen LogP contribution in [-0.4, -0.2) is 18.5 Å². The van der Waals surface area contributed by atoms with Crippen molar-refractivity contribution >= 4 is 5.91 Å². The van der Waals surface area contributed by atoms with Crippen LogP contribution >= 0.6 is 0 Å². The molecule has 1 fully saturated rings. The molecule has 92 valence electrons. The summed E-state index contributed by atoms with van der Waals surface area (Å²) in [4.78, 5) is 11.8. The Morgan fingerprint density at radius 2 is 2.24 bits per heavy atom. The Balaban J connectivity index is 1.88. The average molecular weight is 236 g/mol. The Labute approximate surface area is 100 Å². The molecule has 17 heavy (non-hydrogen) atoms. The quantitative estimate of drug-likeness (QED) is 0.837. The van der Waals surface area contributed by atoms with Gasteiger partial charge in [-0.3, -0.25) is 4.79 Å². The van der Waals surface area contributed by atoms with E-state index in [1.165, 1.54) is 12.1 Å². The van der Waals surface area contributed by atoms with Crippen LogP contribution < -0.4 is 11.1 Å². The van der Waals surface area contributed by atoms with E-state index in [2.05, 4.69) is 5.32 Å². The molecule has 0 aromatic heterocycles. The first-order valence-electron chi connectivity index (χ1n) is 5.86. The van der Waals surface area contributed by atoms with Crippen molar-refractivity contribution in [2.45, 2.75) is 25.8 Å². The van der Waals surface area contributed by atoms with Crippen molar-refractivity contribution in [3.05, 3.63) is 35.1 Å². The van der Waals surface area contributed by atoms with Gasteiger partial charge in [0, 0.05) is 18.2 Å². The zero-order valence-electron chi connectivity index (χ0n) is 9.87. The van der Waals surface area contributed by atoms with Gasteiger partial charge in [-0.2, -0.15) is 0 Å². The van der Waals surface area contributed by atoms with Crippen LogP contribution in [0.25, 0.3) is 0 Å². The lowest BCUT2D eigenvalue weighted by atomic mass is 9.81. The fourth-order valence-electron chi connectivity index (χ4n) is 2.08. The Morgan fingerprint density at radius 3 is 2.82 bits per heavy atom. The minimum Gasteiger partial charge on any atom is -0.352 e. The van der Waals surface area contributed by atoms with Crippen LogP contribution in [0.4, 0.5) is 4.39 Å². The molecule has 1 aromatic carbocycles. The average Bonchev–Trinajstić information content (AvgIpc) is 2.26. The van der Waals surface area contributed by atoms with E-state index in [-0.39, 0.29) is 11.7 Å². The number of nitrogens with two attached hydrogens (primary N) is 1. The van der Waals surface area contributed by atoms with Crippen LogP contribution in [0.1, 0.15) is 28.8 Å². The summed E-state index contributed by atoms with van der Waals surface area (Å²) >= 11 is 0. The number of carbonyl (C=O) groups excluding carboxylic acids is 1. The molecule has 1 amide bonds. The molecular formula is C13H17FN2O. The highest BCUT2D eigenvalue weighted by atomic mass is 19.1. The molecular weight excluding hydrogens is 219 g/mol.